The molecular weight excluding hydrogens is 565 g/mol. The molecule has 9 nitrogen and oxygen atoms in total. The van der Waals surface area contributed by atoms with Gasteiger partial charge < -0.3 is 24.5 Å². The maximum Gasteiger partial charge on any atom is 0.416 e. The van der Waals surface area contributed by atoms with E-state index in [9.17, 15) is 27.6 Å². The van der Waals surface area contributed by atoms with Gasteiger partial charge in [0.25, 0.3) is 0 Å². The van der Waals surface area contributed by atoms with Gasteiger partial charge in [-0.15, -0.1) is 0 Å². The zero-order valence-corrected chi connectivity index (χ0v) is 24.9. The van der Waals surface area contributed by atoms with Gasteiger partial charge in [-0.2, -0.15) is 13.2 Å². The zero-order valence-electron chi connectivity index (χ0n) is 24.9. The molecule has 1 N–H and O–H groups in total. The molecule has 3 aliphatic rings. The quantitative estimate of drug-likeness (QED) is 0.452. The normalized spacial score (nSPS) is 29.0. The molecule has 12 heteroatoms. The lowest BCUT2D eigenvalue weighted by molar-refractivity contribution is -0.139. The van der Waals surface area contributed by atoms with Crippen molar-refractivity contribution < 1.29 is 37.0 Å². The maximum atomic E-state index is 14.0. The number of ether oxygens (including phenoxy) is 2. The molecule has 2 bridgehead atoms. The number of aldehydes is 1. The van der Waals surface area contributed by atoms with Gasteiger partial charge in [-0.3, -0.25) is 4.79 Å². The minimum absolute atomic E-state index is 0.0382. The van der Waals surface area contributed by atoms with E-state index in [1.54, 1.807) is 0 Å². The van der Waals surface area contributed by atoms with Crippen molar-refractivity contribution in [2.45, 2.75) is 103 Å². The molecular formula is C31H39F3N4O5. The number of aromatic nitrogens is 2. The van der Waals surface area contributed by atoms with Gasteiger partial charge in [-0.25, -0.2) is 14.8 Å². The van der Waals surface area contributed by atoms with Gasteiger partial charge in [0.05, 0.1) is 29.2 Å². The van der Waals surface area contributed by atoms with Crippen LogP contribution in [-0.2, 0) is 26.9 Å². The molecule has 2 fully saturated rings. The summed E-state index contributed by atoms with van der Waals surface area (Å²) in [5.74, 6) is -0.458. The van der Waals surface area contributed by atoms with Crippen LogP contribution in [0.15, 0.2) is 18.2 Å². The predicted octanol–water partition coefficient (Wildman–Crippen LogP) is 5.48. The Kier molecular flexibility index (Phi) is 8.59. The van der Waals surface area contributed by atoms with Gasteiger partial charge in [-0.1, -0.05) is 40.5 Å². The average Bonchev–Trinajstić information content (AvgIpc) is 3.56. The van der Waals surface area contributed by atoms with Crippen LogP contribution in [0.1, 0.15) is 77.5 Å². The largest absolute Gasteiger partial charge is 0.471 e. The molecule has 5 rings (SSSR count). The van der Waals surface area contributed by atoms with Crippen molar-refractivity contribution in [3.63, 3.8) is 0 Å². The van der Waals surface area contributed by atoms with E-state index in [2.05, 4.69) is 15.3 Å². The summed E-state index contributed by atoms with van der Waals surface area (Å²) in [7, 11) is 0. The van der Waals surface area contributed by atoms with Crippen molar-refractivity contribution in [3.8, 4) is 5.88 Å². The summed E-state index contributed by atoms with van der Waals surface area (Å²) in [4.78, 5) is 49.8. The van der Waals surface area contributed by atoms with E-state index < -0.39 is 53.3 Å². The number of aryl methyl sites for hydroxylation is 1. The first-order chi connectivity index (χ1) is 20.3. The highest BCUT2D eigenvalue weighted by molar-refractivity contribution is 5.89. The summed E-state index contributed by atoms with van der Waals surface area (Å²) in [6, 6.07) is 1.48. The molecule has 1 saturated carbocycles. The van der Waals surface area contributed by atoms with E-state index in [1.807, 2.05) is 27.7 Å². The Labute approximate surface area is 248 Å². The second-order valence-electron chi connectivity index (χ2n) is 13.0. The van der Waals surface area contributed by atoms with Gasteiger partial charge in [0.15, 0.2) is 0 Å². The third kappa shape index (κ3) is 6.72. The number of carbonyl (C=O) groups is 3. The number of hydrogen-bond acceptors (Lipinski definition) is 7. The predicted molar refractivity (Wildman–Crippen MR) is 151 cm³/mol. The van der Waals surface area contributed by atoms with Crippen LogP contribution >= 0.6 is 0 Å². The maximum absolute atomic E-state index is 14.0. The topological polar surface area (TPSA) is 111 Å². The van der Waals surface area contributed by atoms with Crippen LogP contribution in [0.4, 0.5) is 18.0 Å². The van der Waals surface area contributed by atoms with Crippen molar-refractivity contribution >= 4 is 29.3 Å². The second-order valence-corrected chi connectivity index (χ2v) is 13.0. The van der Waals surface area contributed by atoms with Crippen molar-refractivity contribution in [3.05, 3.63) is 29.5 Å². The first-order valence-corrected chi connectivity index (χ1v) is 15.1. The standard InChI is InChI=1S/C31H39F3N4O5/c1-5-19-23(16-39)38-15-25(19)42-27-21(35-20-12-11-18(31(32,33)34)14-22(20)36-27)10-8-6-7-9-17-13-24(17)43-29(41)37-26(28(38)40)30(2,3)4/h11-12,14,16-17,19,23-26H,5-10,13,15H2,1-4H3,(H,37,41)/t17-,19+,23-,24-,25+,26-/m1/s1. The van der Waals surface area contributed by atoms with E-state index in [4.69, 9.17) is 9.47 Å². The molecule has 2 amide bonds. The van der Waals surface area contributed by atoms with E-state index in [1.165, 1.54) is 11.0 Å². The van der Waals surface area contributed by atoms with Gasteiger partial charge in [0.2, 0.25) is 11.8 Å². The fourth-order valence-corrected chi connectivity index (χ4v) is 6.24. The number of rotatable bonds is 2. The van der Waals surface area contributed by atoms with Crippen LogP contribution in [0.25, 0.3) is 11.0 Å². The summed E-state index contributed by atoms with van der Waals surface area (Å²) in [5.41, 5.74) is -0.612. The minimum atomic E-state index is -4.54. The number of hydrogen-bond donors (Lipinski definition) is 1. The zero-order chi connectivity index (χ0) is 31.1. The second kappa shape index (κ2) is 11.9. The summed E-state index contributed by atoms with van der Waals surface area (Å²) in [5, 5.41) is 2.76. The highest BCUT2D eigenvalue weighted by atomic mass is 19.4. The van der Waals surface area contributed by atoms with Crippen molar-refractivity contribution in [1.82, 2.24) is 20.2 Å². The fraction of sp³-hybridized carbons (Fsp3) is 0.645. The Hall–Kier alpha value is -3.44. The number of alkyl carbamates (subject to hydrolysis) is 1. The number of benzene rings is 1. The number of carbonyl (C=O) groups excluding carboxylic acids is 3. The van der Waals surface area contributed by atoms with Gasteiger partial charge >= 0.3 is 12.3 Å². The Morgan fingerprint density at radius 1 is 1.05 bits per heavy atom. The Morgan fingerprint density at radius 3 is 2.49 bits per heavy atom. The number of halogens is 3. The molecule has 1 saturated heterocycles. The third-order valence-corrected chi connectivity index (χ3v) is 8.82. The molecule has 6 atom stereocenters. The van der Waals surface area contributed by atoms with Crippen molar-refractivity contribution in [2.24, 2.45) is 17.3 Å². The smallest absolute Gasteiger partial charge is 0.416 e. The molecule has 2 aliphatic heterocycles. The van der Waals surface area contributed by atoms with Crippen molar-refractivity contribution in [1.29, 1.82) is 0 Å². The van der Waals surface area contributed by atoms with E-state index >= 15 is 0 Å². The molecule has 3 heterocycles. The number of fused-ring (bicyclic) bond motifs is 5. The summed E-state index contributed by atoms with van der Waals surface area (Å²) in [6.07, 6.45) is -0.131. The number of alkyl halides is 3. The van der Waals surface area contributed by atoms with E-state index in [0.717, 1.165) is 44.2 Å². The summed E-state index contributed by atoms with van der Waals surface area (Å²) in [6.45, 7) is 7.39. The molecule has 1 aliphatic carbocycles. The SMILES string of the molecule is CC[C@@H]1[C@@H]2CN(C(=O)[C@H](C(C)(C)C)NC(=O)O[C@@H]3C[C@H]3CCCCCc3nc4ccc(C(F)(F)F)cc4nc3O2)[C@@H]1C=O. The van der Waals surface area contributed by atoms with E-state index in [-0.39, 0.29) is 30.0 Å². The number of nitrogens with zero attached hydrogens (tertiary/aromatic N) is 3. The van der Waals surface area contributed by atoms with Crippen LogP contribution < -0.4 is 10.1 Å². The molecule has 1 aromatic heterocycles. The van der Waals surface area contributed by atoms with Crippen LogP contribution in [0.5, 0.6) is 5.88 Å². The van der Waals surface area contributed by atoms with E-state index in [0.29, 0.717) is 30.3 Å². The fourth-order valence-electron chi connectivity index (χ4n) is 6.24. The molecule has 0 unspecified atom stereocenters. The molecule has 234 valence electrons. The average molecular weight is 605 g/mol. The lowest BCUT2D eigenvalue weighted by Crippen LogP contribution is -2.56. The van der Waals surface area contributed by atoms with Crippen LogP contribution in [-0.4, -0.2) is 64.0 Å². The molecule has 43 heavy (non-hydrogen) atoms. The van der Waals surface area contributed by atoms with Gasteiger partial charge in [0, 0.05) is 5.92 Å². The number of amides is 2. The first-order valence-electron chi connectivity index (χ1n) is 15.1. The Balaban J connectivity index is 1.53. The molecule has 0 radical (unpaired) electrons. The molecule has 2 aromatic rings. The molecule has 0 spiro atoms. The summed E-state index contributed by atoms with van der Waals surface area (Å²) >= 11 is 0. The van der Waals surface area contributed by atoms with Crippen molar-refractivity contribution in [2.75, 3.05) is 6.54 Å². The van der Waals surface area contributed by atoms with Crippen LogP contribution in [0.2, 0.25) is 0 Å². The molecule has 1 aromatic carbocycles. The van der Waals surface area contributed by atoms with Crippen LogP contribution in [0.3, 0.4) is 0 Å². The first kappa shape index (κ1) is 31.0. The lowest BCUT2D eigenvalue weighted by Gasteiger charge is -2.34. The highest BCUT2D eigenvalue weighted by Gasteiger charge is 2.49. The minimum Gasteiger partial charge on any atom is -0.471 e. The Bertz CT molecular complexity index is 1380. The number of nitrogens with one attached hydrogen (secondary N) is 1. The van der Waals surface area contributed by atoms with Crippen LogP contribution in [0, 0.1) is 17.3 Å². The summed E-state index contributed by atoms with van der Waals surface area (Å²) < 4.78 is 52.4. The monoisotopic (exact) mass is 604 g/mol. The van der Waals surface area contributed by atoms with Gasteiger partial charge in [-0.05, 0) is 61.6 Å². The Morgan fingerprint density at radius 2 is 1.81 bits per heavy atom. The van der Waals surface area contributed by atoms with Gasteiger partial charge in [0.1, 0.15) is 30.2 Å². The lowest BCUT2D eigenvalue weighted by atomic mass is 9.85. The highest BCUT2D eigenvalue weighted by Crippen LogP contribution is 2.39. The third-order valence-electron chi connectivity index (χ3n) is 8.82.